The molecule has 1 rings (SSSR count). The predicted molar refractivity (Wildman–Crippen MR) is 67.3 cm³/mol. The molecule has 18 heavy (non-hydrogen) atoms. The molecule has 0 N–H and O–H groups in total. The van der Waals surface area contributed by atoms with Gasteiger partial charge in [0, 0.05) is 0 Å². The molecule has 0 fully saturated rings. The highest BCUT2D eigenvalue weighted by molar-refractivity contribution is 5.89. The Labute approximate surface area is 107 Å². The highest BCUT2D eigenvalue weighted by Crippen LogP contribution is 2.23. The minimum absolute atomic E-state index is 0.250. The van der Waals surface area contributed by atoms with Crippen molar-refractivity contribution in [1.29, 1.82) is 0 Å². The van der Waals surface area contributed by atoms with Gasteiger partial charge in [0.15, 0.2) is 0 Å². The van der Waals surface area contributed by atoms with Crippen molar-refractivity contribution < 1.29 is 19.1 Å². The summed E-state index contributed by atoms with van der Waals surface area (Å²) in [7, 11) is 2.72. The number of hydrogen-bond acceptors (Lipinski definition) is 4. The first-order valence-corrected chi connectivity index (χ1v) is 5.66. The van der Waals surface area contributed by atoms with E-state index in [4.69, 9.17) is 4.74 Å². The molecule has 0 atom stereocenters. The van der Waals surface area contributed by atoms with Crippen LogP contribution in [0.2, 0.25) is 0 Å². The molecular formula is C14H18O4. The second-order valence-electron chi connectivity index (χ2n) is 4.74. The second kappa shape index (κ2) is 5.67. The third-order valence-corrected chi connectivity index (χ3v) is 2.76. The molecule has 1 aromatic rings. The Morgan fingerprint density at radius 1 is 1.06 bits per heavy atom. The van der Waals surface area contributed by atoms with Crippen molar-refractivity contribution in [2.24, 2.45) is 5.41 Å². The molecule has 0 heterocycles. The van der Waals surface area contributed by atoms with Crippen LogP contribution in [0.25, 0.3) is 0 Å². The van der Waals surface area contributed by atoms with Gasteiger partial charge in [0.25, 0.3) is 0 Å². The molecule has 0 aliphatic carbocycles. The Kier molecular flexibility index (Phi) is 4.48. The minimum atomic E-state index is -0.582. The fraction of sp³-hybridized carbons (Fsp3) is 0.429. The fourth-order valence-electron chi connectivity index (χ4n) is 1.74. The molecule has 0 aliphatic rings. The number of benzene rings is 1. The van der Waals surface area contributed by atoms with Crippen molar-refractivity contribution in [3.63, 3.8) is 0 Å². The van der Waals surface area contributed by atoms with Crippen molar-refractivity contribution in [1.82, 2.24) is 0 Å². The standard InChI is InChI=1S/C14H18O4/c1-14(2,13(16)18-4)9-10-5-7-11(8-6-10)12(15)17-3/h5-8H,9H2,1-4H3. The summed E-state index contributed by atoms with van der Waals surface area (Å²) >= 11 is 0. The summed E-state index contributed by atoms with van der Waals surface area (Å²) in [5.41, 5.74) is 0.886. The zero-order valence-corrected chi connectivity index (χ0v) is 11.1. The van der Waals surface area contributed by atoms with Gasteiger partial charge in [0.2, 0.25) is 0 Å². The zero-order valence-electron chi connectivity index (χ0n) is 11.1. The SMILES string of the molecule is COC(=O)c1ccc(CC(C)(C)C(=O)OC)cc1. The van der Waals surface area contributed by atoms with Gasteiger partial charge in [0.1, 0.15) is 0 Å². The zero-order chi connectivity index (χ0) is 13.8. The fourth-order valence-corrected chi connectivity index (χ4v) is 1.74. The maximum absolute atomic E-state index is 11.6. The Hall–Kier alpha value is -1.84. The molecule has 0 radical (unpaired) electrons. The van der Waals surface area contributed by atoms with Crippen molar-refractivity contribution in [2.75, 3.05) is 14.2 Å². The van der Waals surface area contributed by atoms with Crippen LogP contribution in [-0.4, -0.2) is 26.2 Å². The van der Waals surface area contributed by atoms with Crippen LogP contribution in [0.1, 0.15) is 29.8 Å². The summed E-state index contributed by atoms with van der Waals surface area (Å²) in [6, 6.07) is 7.01. The lowest BCUT2D eigenvalue weighted by Gasteiger charge is -2.21. The van der Waals surface area contributed by atoms with Crippen LogP contribution in [0.5, 0.6) is 0 Å². The summed E-state index contributed by atoms with van der Waals surface area (Å²) in [6.45, 7) is 3.65. The third kappa shape index (κ3) is 3.32. The van der Waals surface area contributed by atoms with E-state index in [2.05, 4.69) is 4.74 Å². The quantitative estimate of drug-likeness (QED) is 0.769. The molecule has 4 nitrogen and oxygen atoms in total. The smallest absolute Gasteiger partial charge is 0.337 e. The molecule has 0 aliphatic heterocycles. The molecule has 1 aromatic carbocycles. The van der Waals surface area contributed by atoms with Crippen LogP contribution in [0.4, 0.5) is 0 Å². The molecule has 98 valence electrons. The Bertz CT molecular complexity index is 432. The van der Waals surface area contributed by atoms with Crippen molar-refractivity contribution >= 4 is 11.9 Å². The highest BCUT2D eigenvalue weighted by atomic mass is 16.5. The maximum atomic E-state index is 11.6. The normalized spacial score (nSPS) is 10.9. The predicted octanol–water partition coefficient (Wildman–Crippen LogP) is 2.21. The van der Waals surface area contributed by atoms with Crippen LogP contribution in [-0.2, 0) is 20.7 Å². The third-order valence-electron chi connectivity index (χ3n) is 2.76. The van der Waals surface area contributed by atoms with E-state index < -0.39 is 5.41 Å². The van der Waals surface area contributed by atoms with Gasteiger partial charge in [-0.05, 0) is 38.0 Å². The van der Waals surface area contributed by atoms with Crippen LogP contribution < -0.4 is 0 Å². The van der Waals surface area contributed by atoms with Crippen molar-refractivity contribution in [3.05, 3.63) is 35.4 Å². The summed E-state index contributed by atoms with van der Waals surface area (Å²) < 4.78 is 9.37. The van der Waals surface area contributed by atoms with E-state index in [1.54, 1.807) is 12.1 Å². The number of methoxy groups -OCH3 is 2. The van der Waals surface area contributed by atoms with Gasteiger partial charge in [-0.15, -0.1) is 0 Å². The van der Waals surface area contributed by atoms with Crippen LogP contribution >= 0.6 is 0 Å². The van der Waals surface area contributed by atoms with Gasteiger partial charge in [0.05, 0.1) is 25.2 Å². The average Bonchev–Trinajstić information content (AvgIpc) is 2.37. The van der Waals surface area contributed by atoms with Gasteiger partial charge < -0.3 is 9.47 Å². The highest BCUT2D eigenvalue weighted by Gasteiger charge is 2.28. The Balaban J connectivity index is 2.81. The molecule has 0 amide bonds. The lowest BCUT2D eigenvalue weighted by Crippen LogP contribution is -2.27. The molecule has 0 spiro atoms. The van der Waals surface area contributed by atoms with Gasteiger partial charge in [-0.25, -0.2) is 4.79 Å². The minimum Gasteiger partial charge on any atom is -0.469 e. The van der Waals surface area contributed by atoms with Gasteiger partial charge >= 0.3 is 11.9 Å². The van der Waals surface area contributed by atoms with Gasteiger partial charge in [-0.1, -0.05) is 12.1 Å². The summed E-state index contributed by atoms with van der Waals surface area (Å²) in [4.78, 5) is 22.8. The monoisotopic (exact) mass is 250 g/mol. The number of hydrogen-bond donors (Lipinski definition) is 0. The number of rotatable bonds is 4. The molecule has 0 saturated carbocycles. The van der Waals surface area contributed by atoms with E-state index in [-0.39, 0.29) is 11.9 Å². The van der Waals surface area contributed by atoms with Crippen LogP contribution in [0.15, 0.2) is 24.3 Å². The summed E-state index contributed by atoms with van der Waals surface area (Å²) in [6.07, 6.45) is 0.557. The number of ether oxygens (including phenoxy) is 2. The molecule has 4 heteroatoms. The average molecular weight is 250 g/mol. The van der Waals surface area contributed by atoms with E-state index in [9.17, 15) is 9.59 Å². The number of esters is 2. The first kappa shape index (κ1) is 14.2. The van der Waals surface area contributed by atoms with E-state index in [1.165, 1.54) is 14.2 Å². The first-order valence-electron chi connectivity index (χ1n) is 5.66. The van der Waals surface area contributed by atoms with Crippen molar-refractivity contribution in [3.8, 4) is 0 Å². The van der Waals surface area contributed by atoms with Gasteiger partial charge in [-0.3, -0.25) is 4.79 Å². The maximum Gasteiger partial charge on any atom is 0.337 e. The topological polar surface area (TPSA) is 52.6 Å². The van der Waals surface area contributed by atoms with E-state index >= 15 is 0 Å². The lowest BCUT2D eigenvalue weighted by atomic mass is 9.85. The van der Waals surface area contributed by atoms with Crippen LogP contribution in [0.3, 0.4) is 0 Å². The lowest BCUT2D eigenvalue weighted by molar-refractivity contribution is -0.150. The molecule has 0 aromatic heterocycles. The van der Waals surface area contributed by atoms with Gasteiger partial charge in [-0.2, -0.15) is 0 Å². The summed E-state index contributed by atoms with van der Waals surface area (Å²) in [5.74, 6) is -0.617. The van der Waals surface area contributed by atoms with E-state index in [0.29, 0.717) is 12.0 Å². The Morgan fingerprint density at radius 3 is 2.06 bits per heavy atom. The number of carbonyl (C=O) groups excluding carboxylic acids is 2. The van der Waals surface area contributed by atoms with E-state index in [1.807, 2.05) is 26.0 Å². The molecule has 0 saturated heterocycles. The first-order chi connectivity index (χ1) is 8.40. The summed E-state index contributed by atoms with van der Waals surface area (Å²) in [5, 5.41) is 0. The molecule has 0 bridgehead atoms. The van der Waals surface area contributed by atoms with Crippen LogP contribution in [0, 0.1) is 5.41 Å². The van der Waals surface area contributed by atoms with Crippen molar-refractivity contribution in [2.45, 2.75) is 20.3 Å². The largest absolute Gasteiger partial charge is 0.469 e. The molecule has 0 unspecified atom stereocenters. The second-order valence-corrected chi connectivity index (χ2v) is 4.74. The molecular weight excluding hydrogens is 232 g/mol. The van der Waals surface area contributed by atoms with E-state index in [0.717, 1.165) is 5.56 Å². The number of carbonyl (C=O) groups is 2. The Morgan fingerprint density at radius 2 is 1.61 bits per heavy atom.